The van der Waals surface area contributed by atoms with Crippen molar-refractivity contribution in [3.8, 4) is 0 Å². The first kappa shape index (κ1) is 17.1. The topological polar surface area (TPSA) is 53.9 Å². The third kappa shape index (κ3) is 4.22. The predicted molar refractivity (Wildman–Crippen MR) is 95.4 cm³/mol. The highest BCUT2D eigenvalue weighted by molar-refractivity contribution is 6.03. The van der Waals surface area contributed by atoms with Gasteiger partial charge in [0.1, 0.15) is 0 Å². The zero-order chi connectivity index (χ0) is 16.9. The summed E-state index contributed by atoms with van der Waals surface area (Å²) in [4.78, 5) is 14.4. The lowest BCUT2D eigenvalue weighted by atomic mass is 9.86. The van der Waals surface area contributed by atoms with Crippen molar-refractivity contribution in [2.75, 3.05) is 32.8 Å². The minimum Gasteiger partial charge on any atom is -0.379 e. The van der Waals surface area contributed by atoms with Crippen LogP contribution in [0.4, 0.5) is 0 Å². The quantitative estimate of drug-likeness (QED) is 0.862. The Hall–Kier alpha value is -1.72. The predicted octanol–water partition coefficient (Wildman–Crippen LogP) is 2.18. The molecule has 5 nitrogen and oxygen atoms in total. The van der Waals surface area contributed by atoms with Crippen LogP contribution in [0.2, 0.25) is 0 Å². The number of morpholine rings is 1. The SMILES string of the molecule is Cc1cc(C)c2c(c1)/C(=N\NC(=O)CCN1CCOCC1)CCC2. The van der Waals surface area contributed by atoms with Crippen LogP contribution in [0, 0.1) is 13.8 Å². The first-order valence-electron chi connectivity index (χ1n) is 8.89. The average Bonchev–Trinajstić information content (AvgIpc) is 2.59. The van der Waals surface area contributed by atoms with Gasteiger partial charge >= 0.3 is 0 Å². The first-order chi connectivity index (χ1) is 11.6. The van der Waals surface area contributed by atoms with Crippen molar-refractivity contribution in [3.05, 3.63) is 34.4 Å². The lowest BCUT2D eigenvalue weighted by Gasteiger charge is -2.26. The zero-order valence-corrected chi connectivity index (χ0v) is 14.7. The van der Waals surface area contributed by atoms with Crippen molar-refractivity contribution in [1.82, 2.24) is 10.3 Å². The monoisotopic (exact) mass is 329 g/mol. The van der Waals surface area contributed by atoms with Gasteiger partial charge in [0.25, 0.3) is 0 Å². The largest absolute Gasteiger partial charge is 0.379 e. The summed E-state index contributed by atoms with van der Waals surface area (Å²) in [5, 5.41) is 4.44. The molecule has 1 N–H and O–H groups in total. The van der Waals surface area contributed by atoms with Gasteiger partial charge in [0, 0.05) is 31.6 Å². The number of carbonyl (C=O) groups excluding carboxylic acids is 1. The highest BCUT2D eigenvalue weighted by Gasteiger charge is 2.18. The smallest absolute Gasteiger partial charge is 0.241 e. The third-order valence-electron chi connectivity index (χ3n) is 4.84. The molecule has 5 heteroatoms. The molecular weight excluding hydrogens is 302 g/mol. The van der Waals surface area contributed by atoms with E-state index in [4.69, 9.17) is 4.74 Å². The lowest BCUT2D eigenvalue weighted by molar-refractivity contribution is -0.121. The molecule has 24 heavy (non-hydrogen) atoms. The zero-order valence-electron chi connectivity index (χ0n) is 14.7. The van der Waals surface area contributed by atoms with Crippen LogP contribution in [-0.4, -0.2) is 49.4 Å². The first-order valence-corrected chi connectivity index (χ1v) is 8.89. The van der Waals surface area contributed by atoms with Crippen molar-refractivity contribution >= 4 is 11.6 Å². The van der Waals surface area contributed by atoms with Gasteiger partial charge in [-0.15, -0.1) is 0 Å². The Bertz CT molecular complexity index is 634. The fourth-order valence-electron chi connectivity index (χ4n) is 3.54. The molecule has 130 valence electrons. The van der Waals surface area contributed by atoms with E-state index in [1.54, 1.807) is 0 Å². The number of fused-ring (bicyclic) bond motifs is 1. The summed E-state index contributed by atoms with van der Waals surface area (Å²) >= 11 is 0. The number of rotatable bonds is 4. The molecule has 1 aliphatic heterocycles. The number of ether oxygens (including phenoxy) is 1. The normalized spacial score (nSPS) is 20.0. The molecule has 1 aliphatic carbocycles. The van der Waals surface area contributed by atoms with Gasteiger partial charge in [0.2, 0.25) is 5.91 Å². The van der Waals surface area contributed by atoms with Crippen LogP contribution in [0.1, 0.15) is 41.5 Å². The molecule has 0 bridgehead atoms. The summed E-state index contributed by atoms with van der Waals surface area (Å²) < 4.78 is 5.32. The average molecular weight is 329 g/mol. The van der Waals surface area contributed by atoms with Gasteiger partial charge in [0.15, 0.2) is 0 Å². The van der Waals surface area contributed by atoms with E-state index in [-0.39, 0.29) is 5.91 Å². The molecule has 0 aromatic heterocycles. The van der Waals surface area contributed by atoms with Crippen LogP contribution >= 0.6 is 0 Å². The Labute approximate surface area is 144 Å². The molecule has 0 radical (unpaired) electrons. The van der Waals surface area contributed by atoms with Crippen LogP contribution in [-0.2, 0) is 16.0 Å². The van der Waals surface area contributed by atoms with Crippen molar-refractivity contribution in [1.29, 1.82) is 0 Å². The van der Waals surface area contributed by atoms with Crippen LogP contribution < -0.4 is 5.43 Å². The number of nitrogens with one attached hydrogen (secondary N) is 1. The molecule has 0 spiro atoms. The van der Waals surface area contributed by atoms with Crippen molar-refractivity contribution in [3.63, 3.8) is 0 Å². The number of nitrogens with zero attached hydrogens (tertiary/aromatic N) is 2. The number of carbonyl (C=O) groups is 1. The standard InChI is InChI=1S/C19H27N3O2/c1-14-12-15(2)16-4-3-5-18(17(16)13-14)20-21-19(23)6-7-22-8-10-24-11-9-22/h12-13H,3-11H2,1-2H3,(H,21,23)/b20-18-. The molecule has 3 rings (SSSR count). The summed E-state index contributed by atoms with van der Waals surface area (Å²) in [6, 6.07) is 4.42. The number of aryl methyl sites for hydroxylation is 2. The summed E-state index contributed by atoms with van der Waals surface area (Å²) in [6.45, 7) is 8.39. The highest BCUT2D eigenvalue weighted by atomic mass is 16.5. The van der Waals surface area contributed by atoms with E-state index in [9.17, 15) is 4.79 Å². The van der Waals surface area contributed by atoms with Crippen molar-refractivity contribution in [2.24, 2.45) is 5.10 Å². The number of hydrazone groups is 1. The summed E-state index contributed by atoms with van der Waals surface area (Å²) in [5.74, 6) is -0.00881. The Morgan fingerprint density at radius 1 is 1.25 bits per heavy atom. The Balaban J connectivity index is 1.60. The third-order valence-corrected chi connectivity index (χ3v) is 4.84. The van der Waals surface area contributed by atoms with Gasteiger partial charge in [0.05, 0.1) is 18.9 Å². The lowest BCUT2D eigenvalue weighted by Crippen LogP contribution is -2.38. The fourth-order valence-corrected chi connectivity index (χ4v) is 3.54. The molecule has 1 aromatic carbocycles. The molecule has 1 fully saturated rings. The van der Waals surface area contributed by atoms with Gasteiger partial charge in [-0.1, -0.05) is 11.6 Å². The second-order valence-corrected chi connectivity index (χ2v) is 6.76. The van der Waals surface area contributed by atoms with E-state index >= 15 is 0 Å². The van der Waals surface area contributed by atoms with Crippen LogP contribution in [0.3, 0.4) is 0 Å². The van der Waals surface area contributed by atoms with Crippen molar-refractivity contribution < 1.29 is 9.53 Å². The molecule has 2 aliphatic rings. The van der Waals surface area contributed by atoms with Crippen LogP contribution in [0.25, 0.3) is 0 Å². The molecular formula is C19H27N3O2. The minimum absolute atomic E-state index is 0.00881. The fraction of sp³-hybridized carbons (Fsp3) is 0.579. The number of hydrogen-bond donors (Lipinski definition) is 1. The summed E-state index contributed by atoms with van der Waals surface area (Å²) in [7, 11) is 0. The minimum atomic E-state index is -0.00881. The maximum Gasteiger partial charge on any atom is 0.241 e. The highest BCUT2D eigenvalue weighted by Crippen LogP contribution is 2.26. The van der Waals surface area contributed by atoms with E-state index < -0.39 is 0 Å². The van der Waals surface area contributed by atoms with Gasteiger partial charge in [-0.05, 0) is 50.3 Å². The Morgan fingerprint density at radius 3 is 2.83 bits per heavy atom. The molecule has 0 saturated carbocycles. The van der Waals surface area contributed by atoms with E-state index in [0.29, 0.717) is 6.42 Å². The molecule has 1 saturated heterocycles. The second kappa shape index (κ2) is 7.90. The van der Waals surface area contributed by atoms with Gasteiger partial charge in [-0.3, -0.25) is 9.69 Å². The Kier molecular flexibility index (Phi) is 5.63. The molecule has 1 amide bonds. The summed E-state index contributed by atoms with van der Waals surface area (Å²) in [6.07, 6.45) is 3.61. The van der Waals surface area contributed by atoms with Crippen LogP contribution in [0.15, 0.2) is 17.2 Å². The molecule has 0 atom stereocenters. The molecule has 0 unspecified atom stereocenters. The van der Waals surface area contributed by atoms with Gasteiger partial charge in [-0.25, -0.2) is 5.43 Å². The van der Waals surface area contributed by atoms with E-state index in [1.165, 1.54) is 22.3 Å². The maximum absolute atomic E-state index is 12.1. The Morgan fingerprint density at radius 2 is 2.04 bits per heavy atom. The van der Waals surface area contributed by atoms with E-state index in [1.807, 2.05) is 0 Å². The summed E-state index contributed by atoms with van der Waals surface area (Å²) in [5.41, 5.74) is 8.96. The van der Waals surface area contributed by atoms with Gasteiger partial charge in [-0.2, -0.15) is 5.10 Å². The molecule has 1 heterocycles. The van der Waals surface area contributed by atoms with Crippen molar-refractivity contribution in [2.45, 2.75) is 39.5 Å². The van der Waals surface area contributed by atoms with Gasteiger partial charge < -0.3 is 4.74 Å². The number of benzene rings is 1. The molecule has 1 aromatic rings. The van der Waals surface area contributed by atoms with Crippen LogP contribution in [0.5, 0.6) is 0 Å². The second-order valence-electron chi connectivity index (χ2n) is 6.76. The maximum atomic E-state index is 12.1. The van der Waals surface area contributed by atoms with E-state index in [2.05, 4.69) is 41.4 Å². The van der Waals surface area contributed by atoms with E-state index in [0.717, 1.165) is 57.8 Å². The number of amides is 1. The number of hydrogen-bond acceptors (Lipinski definition) is 4.